The van der Waals surface area contributed by atoms with Crippen molar-refractivity contribution in [3.8, 4) is 22.8 Å². The Morgan fingerprint density at radius 2 is 2.05 bits per heavy atom. The van der Waals surface area contributed by atoms with Crippen LogP contribution in [0.2, 0.25) is 0 Å². The van der Waals surface area contributed by atoms with Crippen molar-refractivity contribution in [2.24, 2.45) is 17.3 Å². The predicted molar refractivity (Wildman–Crippen MR) is 144 cm³/mol. The van der Waals surface area contributed by atoms with E-state index in [0.717, 1.165) is 5.56 Å². The zero-order valence-electron chi connectivity index (χ0n) is 21.7. The van der Waals surface area contributed by atoms with Gasteiger partial charge in [-0.05, 0) is 12.1 Å². The summed E-state index contributed by atoms with van der Waals surface area (Å²) in [5, 5.41) is 23.6. The highest BCUT2D eigenvalue weighted by Crippen LogP contribution is 2.36. The molecule has 14 heteroatoms. The Labute approximate surface area is 223 Å². The molecule has 39 heavy (non-hydrogen) atoms. The second kappa shape index (κ2) is 12.7. The van der Waals surface area contributed by atoms with Crippen LogP contribution in [0.25, 0.3) is 22.4 Å². The van der Waals surface area contributed by atoms with Crippen LogP contribution in [0, 0.1) is 5.82 Å². The molecule has 0 fully saturated rings. The summed E-state index contributed by atoms with van der Waals surface area (Å²) >= 11 is 0. The number of nitrogens with one attached hydrogen (secondary N) is 1. The van der Waals surface area contributed by atoms with E-state index < -0.39 is 5.82 Å². The monoisotopic (exact) mass is 537 g/mol. The third-order valence-corrected chi connectivity index (χ3v) is 5.51. The predicted octanol–water partition coefficient (Wildman–Crippen LogP) is 2.29. The van der Waals surface area contributed by atoms with Crippen molar-refractivity contribution in [3.05, 3.63) is 48.7 Å². The second-order valence-electron chi connectivity index (χ2n) is 8.07. The molecule has 0 unspecified atom stereocenters. The van der Waals surface area contributed by atoms with Gasteiger partial charge < -0.3 is 24.2 Å². The average Bonchev–Trinajstić information content (AvgIpc) is 3.39. The minimum absolute atomic E-state index is 0.0256. The van der Waals surface area contributed by atoms with Crippen molar-refractivity contribution in [2.75, 3.05) is 45.5 Å². The topological polar surface area (TPSA) is 144 Å². The maximum absolute atomic E-state index is 15.7. The van der Waals surface area contributed by atoms with E-state index in [2.05, 4.69) is 37.3 Å². The van der Waals surface area contributed by atoms with Gasteiger partial charge in [-0.25, -0.2) is 14.4 Å². The van der Waals surface area contributed by atoms with E-state index >= 15 is 4.39 Å². The maximum Gasteiger partial charge on any atom is 0.230 e. The highest BCUT2D eigenvalue weighted by Gasteiger charge is 2.23. The number of rotatable bonds is 12. The Hall–Kier alpha value is -4.69. The lowest BCUT2D eigenvalue weighted by molar-refractivity contribution is 0.234. The summed E-state index contributed by atoms with van der Waals surface area (Å²) in [4.78, 5) is 15.3. The number of aliphatic hydroxyl groups is 1. The SMILES string of the molecule is C=N/N=C(/CN(c1ccc2ncc(-c3cnn(C)c3)nc2n1)c1cc(OC)cc(OC)c1F)OCNCCO. The van der Waals surface area contributed by atoms with Crippen LogP contribution in [0.1, 0.15) is 0 Å². The number of pyridine rings is 1. The largest absolute Gasteiger partial charge is 0.497 e. The summed E-state index contributed by atoms with van der Waals surface area (Å²) in [6.45, 7) is 3.57. The third-order valence-electron chi connectivity index (χ3n) is 5.51. The van der Waals surface area contributed by atoms with Gasteiger partial charge in [0, 0.05) is 44.2 Å². The number of hydrogen-bond donors (Lipinski definition) is 2. The molecule has 204 valence electrons. The van der Waals surface area contributed by atoms with E-state index in [9.17, 15) is 0 Å². The summed E-state index contributed by atoms with van der Waals surface area (Å²) in [6.07, 6.45) is 5.13. The highest BCUT2D eigenvalue weighted by molar-refractivity contribution is 5.85. The van der Waals surface area contributed by atoms with Crippen LogP contribution in [0.4, 0.5) is 15.9 Å². The quantitative estimate of drug-likeness (QED) is 0.0908. The van der Waals surface area contributed by atoms with Gasteiger partial charge in [0.25, 0.3) is 0 Å². The molecule has 0 radical (unpaired) electrons. The minimum Gasteiger partial charge on any atom is -0.497 e. The molecule has 4 rings (SSSR count). The molecule has 13 nitrogen and oxygen atoms in total. The van der Waals surface area contributed by atoms with E-state index in [4.69, 9.17) is 24.3 Å². The molecule has 0 aliphatic heterocycles. The Bertz CT molecular complexity index is 1480. The molecule has 0 spiro atoms. The Morgan fingerprint density at radius 1 is 1.21 bits per heavy atom. The van der Waals surface area contributed by atoms with E-state index in [1.165, 1.54) is 31.3 Å². The second-order valence-corrected chi connectivity index (χ2v) is 8.07. The molecule has 0 saturated heterocycles. The average molecular weight is 538 g/mol. The molecular weight excluding hydrogens is 509 g/mol. The van der Waals surface area contributed by atoms with Gasteiger partial charge in [0.05, 0.1) is 44.6 Å². The van der Waals surface area contributed by atoms with Gasteiger partial charge in [0.15, 0.2) is 17.2 Å². The van der Waals surface area contributed by atoms with Gasteiger partial charge in [-0.2, -0.15) is 10.2 Å². The first-order valence-corrected chi connectivity index (χ1v) is 11.8. The molecule has 0 atom stereocenters. The molecule has 0 saturated carbocycles. The number of aliphatic hydroxyl groups excluding tert-OH is 1. The number of nitrogens with zero attached hydrogens (tertiary/aromatic N) is 8. The van der Waals surface area contributed by atoms with Gasteiger partial charge in [0.1, 0.15) is 30.4 Å². The smallest absolute Gasteiger partial charge is 0.230 e. The zero-order valence-corrected chi connectivity index (χ0v) is 21.7. The van der Waals surface area contributed by atoms with Crippen LogP contribution in [0.5, 0.6) is 11.5 Å². The Balaban J connectivity index is 1.81. The van der Waals surface area contributed by atoms with E-state index in [-0.39, 0.29) is 37.2 Å². The normalized spacial score (nSPS) is 11.5. The van der Waals surface area contributed by atoms with Crippen LogP contribution < -0.4 is 19.7 Å². The number of aromatic nitrogens is 5. The number of ether oxygens (including phenoxy) is 3. The Morgan fingerprint density at radius 3 is 2.74 bits per heavy atom. The van der Waals surface area contributed by atoms with Crippen molar-refractivity contribution in [3.63, 3.8) is 0 Å². The summed E-state index contributed by atoms with van der Waals surface area (Å²) in [5.74, 6) is 0.102. The van der Waals surface area contributed by atoms with Crippen LogP contribution >= 0.6 is 0 Å². The molecule has 4 aromatic rings. The first-order chi connectivity index (χ1) is 19.0. The van der Waals surface area contributed by atoms with Crippen LogP contribution in [0.15, 0.2) is 53.1 Å². The van der Waals surface area contributed by atoms with Crippen LogP contribution in [-0.2, 0) is 11.8 Å². The van der Waals surface area contributed by atoms with Crippen molar-refractivity contribution >= 4 is 35.3 Å². The summed E-state index contributed by atoms with van der Waals surface area (Å²) in [7, 11) is 4.64. The molecule has 3 aromatic heterocycles. The van der Waals surface area contributed by atoms with Crippen molar-refractivity contribution in [1.82, 2.24) is 30.0 Å². The summed E-state index contributed by atoms with van der Waals surface area (Å²) in [6, 6.07) is 6.35. The highest BCUT2D eigenvalue weighted by atomic mass is 19.1. The van der Waals surface area contributed by atoms with Crippen molar-refractivity contribution in [1.29, 1.82) is 0 Å². The number of halogens is 1. The summed E-state index contributed by atoms with van der Waals surface area (Å²) < 4.78 is 33.6. The molecule has 0 aliphatic rings. The molecule has 1 aromatic carbocycles. The fraction of sp³-hybridized carbons (Fsp3) is 0.280. The molecule has 2 N–H and O–H groups in total. The first-order valence-electron chi connectivity index (χ1n) is 11.8. The van der Waals surface area contributed by atoms with E-state index in [0.29, 0.717) is 35.0 Å². The standard InChI is InChI=1S/C25H28FN9O4/c1-27-33-23(39-15-28-7-8-36)14-35(20-9-17(37-3)10-21(38-4)24(20)26)22-6-5-18-25(32-22)31-19(12-29-18)16-11-30-34(2)13-16/h5-6,9-13,28,36H,1,7-8,14-15H2,2-4H3/b33-23-. The number of aryl methyl sites for hydroxylation is 1. The molecule has 0 amide bonds. The fourth-order valence-corrected chi connectivity index (χ4v) is 3.65. The van der Waals surface area contributed by atoms with Crippen molar-refractivity contribution in [2.45, 2.75) is 0 Å². The van der Waals surface area contributed by atoms with Crippen LogP contribution in [-0.4, -0.2) is 83.1 Å². The van der Waals surface area contributed by atoms with Gasteiger partial charge in [-0.3, -0.25) is 15.0 Å². The van der Waals surface area contributed by atoms with Gasteiger partial charge in [0.2, 0.25) is 5.90 Å². The molecule has 0 bridgehead atoms. The van der Waals surface area contributed by atoms with Gasteiger partial charge >= 0.3 is 0 Å². The summed E-state index contributed by atoms with van der Waals surface area (Å²) in [5.41, 5.74) is 2.31. The van der Waals surface area contributed by atoms with Crippen LogP contribution in [0.3, 0.4) is 0 Å². The lowest BCUT2D eigenvalue weighted by Crippen LogP contribution is -2.31. The molecule has 3 heterocycles. The number of benzene rings is 1. The lowest BCUT2D eigenvalue weighted by Gasteiger charge is -2.26. The number of fused-ring (bicyclic) bond motifs is 1. The zero-order chi connectivity index (χ0) is 27.8. The maximum atomic E-state index is 15.7. The van der Waals surface area contributed by atoms with Gasteiger partial charge in [-0.15, -0.1) is 5.10 Å². The first kappa shape index (κ1) is 27.3. The van der Waals surface area contributed by atoms with E-state index in [1.807, 2.05) is 13.2 Å². The van der Waals surface area contributed by atoms with Gasteiger partial charge in [-0.1, -0.05) is 0 Å². The van der Waals surface area contributed by atoms with Crippen molar-refractivity contribution < 1.29 is 23.7 Å². The lowest BCUT2D eigenvalue weighted by atomic mass is 10.2. The molecule has 0 aliphatic carbocycles. The third kappa shape index (κ3) is 6.42. The van der Waals surface area contributed by atoms with E-state index in [1.54, 1.807) is 29.2 Å². The Kier molecular flexibility index (Phi) is 8.91. The number of methoxy groups -OCH3 is 2. The number of anilines is 2. The molecular formula is C25H28FN9O4. The minimum atomic E-state index is -0.653. The number of hydrogen-bond acceptors (Lipinski definition) is 12. The fourth-order valence-electron chi connectivity index (χ4n) is 3.65.